The van der Waals surface area contributed by atoms with E-state index in [0.717, 1.165) is 43.6 Å². The zero-order valence-corrected chi connectivity index (χ0v) is 27.0. The summed E-state index contributed by atoms with van der Waals surface area (Å²) in [7, 11) is 0. The molecule has 1 spiro atoms. The lowest BCUT2D eigenvalue weighted by molar-refractivity contribution is -0.160. The molecule has 4 heterocycles. The van der Waals surface area contributed by atoms with Crippen LogP contribution in [0.5, 0.6) is 0 Å². The lowest BCUT2D eigenvalue weighted by Gasteiger charge is -2.40. The molecule has 0 radical (unpaired) electrons. The Balaban J connectivity index is 1.46. The van der Waals surface area contributed by atoms with Crippen LogP contribution in [-0.4, -0.2) is 83.9 Å². The Kier molecular flexibility index (Phi) is 9.08. The molecular weight excluding hydrogens is 582 g/mol. The number of likely N-dealkylation sites (tertiary alicyclic amines) is 1. The van der Waals surface area contributed by atoms with Crippen LogP contribution in [0.2, 0.25) is 0 Å². The van der Waals surface area contributed by atoms with Gasteiger partial charge in [-0.1, -0.05) is 54.6 Å². The zero-order chi connectivity index (χ0) is 32.5. The summed E-state index contributed by atoms with van der Waals surface area (Å²) in [6, 6.07) is 15.7. The van der Waals surface area contributed by atoms with Crippen molar-refractivity contribution in [3.63, 3.8) is 0 Å². The summed E-state index contributed by atoms with van der Waals surface area (Å²) in [5.74, 6) is -3.16. The predicted molar refractivity (Wildman–Crippen MR) is 176 cm³/mol. The molecule has 2 fully saturated rings. The number of rotatable bonds is 8. The molecule has 0 saturated carbocycles. The van der Waals surface area contributed by atoms with Crippen LogP contribution >= 0.6 is 0 Å². The summed E-state index contributed by atoms with van der Waals surface area (Å²) in [4.78, 5) is 49.0. The summed E-state index contributed by atoms with van der Waals surface area (Å²) in [5, 5.41) is 10.8. The quantitative estimate of drug-likeness (QED) is 0.344. The fourth-order valence-corrected chi connectivity index (χ4v) is 7.93. The van der Waals surface area contributed by atoms with Crippen molar-refractivity contribution in [1.29, 1.82) is 0 Å². The van der Waals surface area contributed by atoms with Crippen LogP contribution in [0.1, 0.15) is 45.6 Å². The van der Waals surface area contributed by atoms with E-state index in [0.29, 0.717) is 12.1 Å². The SMILES string of the molecule is CCN(CC)c1ccc(N2CC=C[C@]34O[C@@]5(C)/C=C\CCCCOC(=O)[C@H]5[C@H]3C(=O)N([C@@H](CO)Cc3ccccc3)C4C2=O)cc1. The fraction of sp³-hybridized carbons (Fsp3) is 0.486. The highest BCUT2D eigenvalue weighted by Gasteiger charge is 2.75. The van der Waals surface area contributed by atoms with E-state index in [1.54, 1.807) is 4.90 Å². The first kappa shape index (κ1) is 32.0. The summed E-state index contributed by atoms with van der Waals surface area (Å²) in [6.45, 7) is 7.93. The number of esters is 1. The predicted octanol–water partition coefficient (Wildman–Crippen LogP) is 4.29. The van der Waals surface area contributed by atoms with Gasteiger partial charge in [0, 0.05) is 31.0 Å². The van der Waals surface area contributed by atoms with Crippen molar-refractivity contribution in [2.24, 2.45) is 11.8 Å². The Morgan fingerprint density at radius 3 is 2.37 bits per heavy atom. The van der Waals surface area contributed by atoms with Gasteiger partial charge in [0.25, 0.3) is 5.91 Å². The molecule has 1 N–H and O–H groups in total. The number of aliphatic hydroxyl groups excluding tert-OH is 1. The minimum Gasteiger partial charge on any atom is -0.465 e. The van der Waals surface area contributed by atoms with Crippen LogP contribution < -0.4 is 9.80 Å². The summed E-state index contributed by atoms with van der Waals surface area (Å²) < 4.78 is 12.7. The van der Waals surface area contributed by atoms with E-state index < -0.39 is 41.1 Å². The highest BCUT2D eigenvalue weighted by atomic mass is 16.6. The van der Waals surface area contributed by atoms with Gasteiger partial charge in [-0.3, -0.25) is 14.4 Å². The summed E-state index contributed by atoms with van der Waals surface area (Å²) in [5.41, 5.74) is 0.0744. The van der Waals surface area contributed by atoms with Gasteiger partial charge in [0.05, 0.1) is 30.8 Å². The topological polar surface area (TPSA) is 99.6 Å². The van der Waals surface area contributed by atoms with E-state index in [9.17, 15) is 19.5 Å². The molecule has 4 aliphatic rings. The molecule has 6 atom stereocenters. The van der Waals surface area contributed by atoms with Crippen molar-refractivity contribution in [3.8, 4) is 0 Å². The van der Waals surface area contributed by atoms with Gasteiger partial charge in [-0.15, -0.1) is 0 Å². The number of ether oxygens (including phenoxy) is 2. The molecule has 2 aromatic rings. The maximum atomic E-state index is 14.9. The van der Waals surface area contributed by atoms with Crippen LogP contribution in [0, 0.1) is 11.8 Å². The molecule has 4 aliphatic heterocycles. The van der Waals surface area contributed by atoms with Crippen molar-refractivity contribution >= 4 is 29.2 Å². The van der Waals surface area contributed by atoms with Gasteiger partial charge in [-0.05, 0) is 76.3 Å². The van der Waals surface area contributed by atoms with Gasteiger partial charge in [0.2, 0.25) is 5.91 Å². The molecule has 9 nitrogen and oxygen atoms in total. The number of carbonyl (C=O) groups is 3. The molecule has 46 heavy (non-hydrogen) atoms. The van der Waals surface area contributed by atoms with Crippen molar-refractivity contribution < 1.29 is 29.0 Å². The van der Waals surface area contributed by atoms with Crippen molar-refractivity contribution in [2.75, 3.05) is 42.6 Å². The number of aliphatic hydroxyl groups is 1. The molecule has 9 heteroatoms. The average Bonchev–Trinajstić information content (AvgIpc) is 3.40. The lowest BCUT2D eigenvalue weighted by atomic mass is 9.74. The lowest BCUT2D eigenvalue weighted by Crippen LogP contribution is -2.59. The molecular formula is C37H45N3O6. The number of allylic oxidation sites excluding steroid dienone is 1. The molecule has 0 bridgehead atoms. The Bertz CT molecular complexity index is 1490. The van der Waals surface area contributed by atoms with E-state index in [2.05, 4.69) is 18.7 Å². The smallest absolute Gasteiger partial charge is 0.313 e. The van der Waals surface area contributed by atoms with Gasteiger partial charge < -0.3 is 29.3 Å². The van der Waals surface area contributed by atoms with Crippen LogP contribution in [0.4, 0.5) is 11.4 Å². The third-order valence-corrected chi connectivity index (χ3v) is 10.1. The summed E-state index contributed by atoms with van der Waals surface area (Å²) in [6.07, 6.45) is 10.3. The number of hydrogen-bond acceptors (Lipinski definition) is 7. The van der Waals surface area contributed by atoms with Gasteiger partial charge in [0.15, 0.2) is 0 Å². The first-order valence-corrected chi connectivity index (χ1v) is 16.6. The second-order valence-corrected chi connectivity index (χ2v) is 12.9. The van der Waals surface area contributed by atoms with Crippen LogP contribution in [0.15, 0.2) is 78.9 Å². The van der Waals surface area contributed by atoms with E-state index in [1.165, 1.54) is 4.90 Å². The second kappa shape index (κ2) is 13.0. The molecule has 2 saturated heterocycles. The maximum absolute atomic E-state index is 14.9. The van der Waals surface area contributed by atoms with Crippen molar-refractivity contribution in [3.05, 3.63) is 84.5 Å². The van der Waals surface area contributed by atoms with E-state index in [-0.39, 0.29) is 31.6 Å². The van der Waals surface area contributed by atoms with Crippen molar-refractivity contribution in [2.45, 2.75) is 69.7 Å². The highest BCUT2D eigenvalue weighted by Crippen LogP contribution is 2.57. The van der Waals surface area contributed by atoms with Gasteiger partial charge >= 0.3 is 5.97 Å². The third-order valence-electron chi connectivity index (χ3n) is 10.1. The number of fused-ring (bicyclic) bond motifs is 2. The minimum atomic E-state index is -1.44. The van der Waals surface area contributed by atoms with Crippen LogP contribution in [0.3, 0.4) is 0 Å². The minimum absolute atomic E-state index is 0.264. The van der Waals surface area contributed by atoms with Crippen LogP contribution in [-0.2, 0) is 30.3 Å². The monoisotopic (exact) mass is 627 g/mol. The zero-order valence-electron chi connectivity index (χ0n) is 27.0. The normalized spacial score (nSPS) is 30.6. The molecule has 2 aromatic carbocycles. The molecule has 2 amide bonds. The Hall–Kier alpha value is -3.95. The highest BCUT2D eigenvalue weighted by molar-refractivity contribution is 6.06. The van der Waals surface area contributed by atoms with E-state index in [4.69, 9.17) is 9.47 Å². The molecule has 244 valence electrons. The Labute approximate surface area is 271 Å². The van der Waals surface area contributed by atoms with E-state index >= 15 is 0 Å². The Morgan fingerprint density at radius 2 is 1.67 bits per heavy atom. The third kappa shape index (κ3) is 5.43. The fourth-order valence-electron chi connectivity index (χ4n) is 7.93. The van der Waals surface area contributed by atoms with Gasteiger partial charge in [-0.25, -0.2) is 0 Å². The Morgan fingerprint density at radius 1 is 0.935 bits per heavy atom. The first-order valence-electron chi connectivity index (χ1n) is 16.6. The van der Waals surface area contributed by atoms with E-state index in [1.807, 2.05) is 85.8 Å². The number of amides is 2. The molecule has 0 aromatic heterocycles. The standard InChI is InChI=1S/C37H45N3O6/c1-4-38(5-2)27-16-18-28(19-17-27)39-22-13-21-37-30(31-35(44)45-23-12-7-6-11-20-36(31,3)46-37)33(42)40(32(37)34(39)43)29(25-41)24-26-14-9-8-10-15-26/h8-11,13-21,29-32,41H,4-7,12,22-25H2,1-3H3/b20-11-/t29-,30+,31-,32?,36+,37+/m1/s1. The van der Waals surface area contributed by atoms with Gasteiger partial charge in [0.1, 0.15) is 17.6 Å². The number of benzene rings is 2. The molecule has 0 aliphatic carbocycles. The summed E-state index contributed by atoms with van der Waals surface area (Å²) >= 11 is 0. The van der Waals surface area contributed by atoms with Gasteiger partial charge in [-0.2, -0.15) is 0 Å². The first-order chi connectivity index (χ1) is 22.3. The average molecular weight is 628 g/mol. The number of hydrogen-bond donors (Lipinski definition) is 1. The number of anilines is 2. The maximum Gasteiger partial charge on any atom is 0.313 e. The molecule has 1 unspecified atom stereocenters. The number of nitrogens with zero attached hydrogens (tertiary/aromatic N) is 3. The largest absolute Gasteiger partial charge is 0.465 e. The second-order valence-electron chi connectivity index (χ2n) is 12.9. The number of carbonyl (C=O) groups excluding carboxylic acids is 3. The van der Waals surface area contributed by atoms with Crippen LogP contribution in [0.25, 0.3) is 0 Å². The molecule has 6 rings (SSSR count). The van der Waals surface area contributed by atoms with Crippen molar-refractivity contribution in [1.82, 2.24) is 4.90 Å². The number of cyclic esters (lactones) is 1.